The van der Waals surface area contributed by atoms with E-state index >= 15 is 0 Å². The molecule has 0 saturated carbocycles. The number of hydrogen-bond donors (Lipinski definition) is 0. The fourth-order valence-corrected chi connectivity index (χ4v) is 1.49. The molecule has 0 unspecified atom stereocenters. The molecule has 1 aromatic carbocycles. The molecule has 0 aliphatic carbocycles. The van der Waals surface area contributed by atoms with Crippen LogP contribution in [0.4, 0.5) is 4.39 Å². The quantitative estimate of drug-likeness (QED) is 0.768. The first kappa shape index (κ1) is 12.5. The Kier molecular flexibility index (Phi) is 5.05. The molecule has 4 heteroatoms. The predicted molar refractivity (Wildman–Crippen MR) is 60.7 cm³/mol. The Morgan fingerprint density at radius 1 is 1.33 bits per heavy atom. The number of benzene rings is 1. The van der Waals surface area contributed by atoms with Crippen molar-refractivity contribution in [1.82, 2.24) is 0 Å². The van der Waals surface area contributed by atoms with E-state index in [4.69, 9.17) is 9.47 Å². The molecule has 0 aliphatic heterocycles. The molecular weight excluding hydrogens is 263 g/mol. The highest BCUT2D eigenvalue weighted by Crippen LogP contribution is 2.25. The zero-order valence-electron chi connectivity index (χ0n) is 8.80. The van der Waals surface area contributed by atoms with Crippen LogP contribution in [0.5, 0.6) is 5.75 Å². The van der Waals surface area contributed by atoms with Gasteiger partial charge in [-0.15, -0.1) is 0 Å². The van der Waals surface area contributed by atoms with E-state index in [2.05, 4.69) is 15.9 Å². The lowest BCUT2D eigenvalue weighted by molar-refractivity contribution is 0.0551. The summed E-state index contributed by atoms with van der Waals surface area (Å²) >= 11 is 3.22. The Labute approximate surface area is 97.5 Å². The first-order valence-electron chi connectivity index (χ1n) is 4.79. The Morgan fingerprint density at radius 3 is 2.67 bits per heavy atom. The lowest BCUT2D eigenvalue weighted by Crippen LogP contribution is -2.11. The van der Waals surface area contributed by atoms with Crippen LogP contribution >= 0.6 is 15.9 Å². The highest BCUT2D eigenvalue weighted by atomic mass is 79.9. The molecule has 0 saturated heterocycles. The molecular formula is C11H14BrFO2. The van der Waals surface area contributed by atoms with Gasteiger partial charge in [-0.05, 0) is 48.0 Å². The lowest BCUT2D eigenvalue weighted by Gasteiger charge is -2.10. The van der Waals surface area contributed by atoms with Gasteiger partial charge in [0.1, 0.15) is 18.2 Å². The molecule has 84 valence electrons. The molecule has 0 aliphatic rings. The van der Waals surface area contributed by atoms with Crippen LogP contribution in [0.25, 0.3) is 0 Å². The molecule has 0 atom stereocenters. The Hall–Kier alpha value is -0.610. The van der Waals surface area contributed by atoms with Gasteiger partial charge in [0.2, 0.25) is 0 Å². The van der Waals surface area contributed by atoms with Gasteiger partial charge < -0.3 is 9.47 Å². The third kappa shape index (κ3) is 4.62. The molecule has 1 rings (SSSR count). The van der Waals surface area contributed by atoms with E-state index < -0.39 is 0 Å². The highest BCUT2D eigenvalue weighted by Gasteiger charge is 2.02. The van der Waals surface area contributed by atoms with E-state index in [0.29, 0.717) is 23.4 Å². The first-order chi connectivity index (χ1) is 7.09. The fourth-order valence-electron chi connectivity index (χ4n) is 1.03. The molecule has 0 radical (unpaired) electrons. The van der Waals surface area contributed by atoms with Crippen LogP contribution in [0.2, 0.25) is 0 Å². The van der Waals surface area contributed by atoms with Crippen molar-refractivity contribution in [3.05, 3.63) is 28.5 Å². The van der Waals surface area contributed by atoms with E-state index in [9.17, 15) is 4.39 Å². The molecule has 0 spiro atoms. The van der Waals surface area contributed by atoms with Crippen molar-refractivity contribution in [2.24, 2.45) is 0 Å². The van der Waals surface area contributed by atoms with Gasteiger partial charge in [0.15, 0.2) is 0 Å². The number of hydrogen-bond acceptors (Lipinski definition) is 2. The van der Waals surface area contributed by atoms with Crippen LogP contribution in [0.1, 0.15) is 13.8 Å². The van der Waals surface area contributed by atoms with Crippen LogP contribution in [0.15, 0.2) is 22.7 Å². The third-order valence-electron chi connectivity index (χ3n) is 1.69. The van der Waals surface area contributed by atoms with Gasteiger partial charge in [0.05, 0.1) is 17.2 Å². The van der Waals surface area contributed by atoms with E-state index in [0.717, 1.165) is 0 Å². The zero-order chi connectivity index (χ0) is 11.3. The van der Waals surface area contributed by atoms with Gasteiger partial charge >= 0.3 is 0 Å². The summed E-state index contributed by atoms with van der Waals surface area (Å²) in [5, 5.41) is 0. The van der Waals surface area contributed by atoms with Crippen molar-refractivity contribution in [2.75, 3.05) is 13.2 Å². The second-order valence-corrected chi connectivity index (χ2v) is 4.20. The molecule has 1 aromatic rings. The van der Waals surface area contributed by atoms with Gasteiger partial charge in [-0.1, -0.05) is 0 Å². The minimum Gasteiger partial charge on any atom is -0.490 e. The smallest absolute Gasteiger partial charge is 0.133 e. The summed E-state index contributed by atoms with van der Waals surface area (Å²) in [7, 11) is 0. The van der Waals surface area contributed by atoms with E-state index in [1.165, 1.54) is 12.1 Å². The van der Waals surface area contributed by atoms with Crippen LogP contribution in [0.3, 0.4) is 0 Å². The summed E-state index contributed by atoms with van der Waals surface area (Å²) in [6, 6.07) is 4.33. The second-order valence-electron chi connectivity index (χ2n) is 3.34. The molecule has 0 aromatic heterocycles. The number of rotatable bonds is 5. The number of ether oxygens (including phenoxy) is 2. The topological polar surface area (TPSA) is 18.5 Å². The predicted octanol–water partition coefficient (Wildman–Crippen LogP) is 3.39. The third-order valence-corrected chi connectivity index (χ3v) is 2.31. The molecule has 2 nitrogen and oxygen atoms in total. The van der Waals surface area contributed by atoms with Crippen molar-refractivity contribution in [3.63, 3.8) is 0 Å². The highest BCUT2D eigenvalue weighted by molar-refractivity contribution is 9.10. The van der Waals surface area contributed by atoms with Crippen molar-refractivity contribution < 1.29 is 13.9 Å². The summed E-state index contributed by atoms with van der Waals surface area (Å²) in [4.78, 5) is 0. The SMILES string of the molecule is CC(C)OCCOc1ccc(F)cc1Br. The summed E-state index contributed by atoms with van der Waals surface area (Å²) < 4.78 is 24.1. The van der Waals surface area contributed by atoms with Crippen LogP contribution in [0, 0.1) is 5.82 Å². The Bertz CT molecular complexity index is 315. The molecule has 0 fully saturated rings. The normalized spacial score (nSPS) is 10.7. The number of halogens is 2. The van der Waals surface area contributed by atoms with Crippen molar-refractivity contribution in [1.29, 1.82) is 0 Å². The van der Waals surface area contributed by atoms with Gasteiger partial charge in [0, 0.05) is 0 Å². The molecule has 0 N–H and O–H groups in total. The van der Waals surface area contributed by atoms with Gasteiger partial charge in [-0.25, -0.2) is 4.39 Å². The average molecular weight is 277 g/mol. The zero-order valence-corrected chi connectivity index (χ0v) is 10.4. The standard InChI is InChI=1S/C11H14BrFO2/c1-8(2)14-5-6-15-11-4-3-9(13)7-10(11)12/h3-4,7-8H,5-6H2,1-2H3. The van der Waals surface area contributed by atoms with E-state index in [1.54, 1.807) is 6.07 Å². The minimum atomic E-state index is -0.285. The maximum absolute atomic E-state index is 12.7. The Balaban J connectivity index is 2.37. The maximum atomic E-state index is 12.7. The van der Waals surface area contributed by atoms with Crippen molar-refractivity contribution in [3.8, 4) is 5.75 Å². The molecule has 0 bridgehead atoms. The average Bonchev–Trinajstić information content (AvgIpc) is 2.14. The van der Waals surface area contributed by atoms with Gasteiger partial charge in [-0.3, -0.25) is 0 Å². The van der Waals surface area contributed by atoms with E-state index in [1.807, 2.05) is 13.8 Å². The fraction of sp³-hybridized carbons (Fsp3) is 0.455. The summed E-state index contributed by atoms with van der Waals surface area (Å²) in [5.74, 6) is 0.344. The maximum Gasteiger partial charge on any atom is 0.133 e. The second kappa shape index (κ2) is 6.08. The minimum absolute atomic E-state index is 0.199. The van der Waals surface area contributed by atoms with Gasteiger partial charge in [-0.2, -0.15) is 0 Å². The van der Waals surface area contributed by atoms with Crippen molar-refractivity contribution >= 4 is 15.9 Å². The molecule has 0 heterocycles. The van der Waals surface area contributed by atoms with E-state index in [-0.39, 0.29) is 11.9 Å². The largest absolute Gasteiger partial charge is 0.490 e. The first-order valence-corrected chi connectivity index (χ1v) is 5.58. The Morgan fingerprint density at radius 2 is 2.07 bits per heavy atom. The van der Waals surface area contributed by atoms with Gasteiger partial charge in [0.25, 0.3) is 0 Å². The van der Waals surface area contributed by atoms with Crippen molar-refractivity contribution in [2.45, 2.75) is 20.0 Å². The van der Waals surface area contributed by atoms with Crippen LogP contribution < -0.4 is 4.74 Å². The molecule has 0 amide bonds. The summed E-state index contributed by atoms with van der Waals surface area (Å²) in [6.07, 6.45) is 0.199. The lowest BCUT2D eigenvalue weighted by atomic mass is 10.3. The summed E-state index contributed by atoms with van der Waals surface area (Å²) in [5.41, 5.74) is 0. The molecule has 15 heavy (non-hydrogen) atoms. The van der Waals surface area contributed by atoms with Crippen LogP contribution in [-0.4, -0.2) is 19.3 Å². The summed E-state index contributed by atoms with van der Waals surface area (Å²) in [6.45, 7) is 4.92. The monoisotopic (exact) mass is 276 g/mol. The van der Waals surface area contributed by atoms with Crippen LogP contribution in [-0.2, 0) is 4.74 Å².